The first kappa shape index (κ1) is 22.1. The molecule has 0 radical (unpaired) electrons. The lowest BCUT2D eigenvalue weighted by Gasteiger charge is -2.41. The molecule has 2 heterocycles. The molecule has 0 aliphatic heterocycles. The summed E-state index contributed by atoms with van der Waals surface area (Å²) >= 11 is 0. The van der Waals surface area contributed by atoms with Gasteiger partial charge in [-0.25, -0.2) is 9.97 Å². The van der Waals surface area contributed by atoms with Crippen LogP contribution in [0.1, 0.15) is 42.1 Å². The second-order valence-electron chi connectivity index (χ2n) is 8.03. The number of aromatic nitrogens is 4. The number of likely N-dealkylation sites (N-methyl/N-ethyl adjacent to an activating group) is 1. The van der Waals surface area contributed by atoms with Crippen LogP contribution in [0.3, 0.4) is 0 Å². The highest BCUT2D eigenvalue weighted by Gasteiger charge is 2.42. The topological polar surface area (TPSA) is 154 Å². The third kappa shape index (κ3) is 4.59. The summed E-state index contributed by atoms with van der Waals surface area (Å²) in [6.07, 6.45) is 8.89. The van der Waals surface area contributed by atoms with Crippen LogP contribution in [0.15, 0.2) is 54.0 Å². The number of benzene rings is 1. The Morgan fingerprint density at radius 1 is 1.12 bits per heavy atom. The lowest BCUT2D eigenvalue weighted by atomic mass is 9.63. The molecule has 1 saturated carbocycles. The molecule has 170 valence electrons. The van der Waals surface area contributed by atoms with Crippen LogP contribution in [0.2, 0.25) is 0 Å². The van der Waals surface area contributed by atoms with Crippen LogP contribution >= 0.6 is 0 Å². The van der Waals surface area contributed by atoms with Gasteiger partial charge < -0.3 is 16.8 Å². The summed E-state index contributed by atoms with van der Waals surface area (Å²) in [4.78, 5) is 36.7. The van der Waals surface area contributed by atoms with E-state index in [1.807, 2.05) is 31.2 Å². The summed E-state index contributed by atoms with van der Waals surface area (Å²) in [5.74, 6) is -0.132. The van der Waals surface area contributed by atoms with Crippen LogP contribution in [-0.2, 0) is 16.8 Å². The Kier molecular flexibility index (Phi) is 6.16. The molecule has 0 saturated heterocycles. The molecule has 0 bridgehead atoms. The maximum Gasteiger partial charge on any atom is 0.281 e. The van der Waals surface area contributed by atoms with E-state index in [0.717, 1.165) is 36.0 Å². The molecule has 1 aliphatic carbocycles. The lowest BCUT2D eigenvalue weighted by molar-refractivity contribution is -0.121. The molecule has 4 rings (SSSR count). The zero-order valence-electron chi connectivity index (χ0n) is 18.4. The number of nitrogens with zero attached hydrogens (tertiary/aromatic N) is 5. The molecule has 1 aromatic carbocycles. The minimum Gasteiger partial charge on any atom is -0.386 e. The van der Waals surface area contributed by atoms with Gasteiger partial charge in [-0.15, -0.1) is 0 Å². The normalized spacial score (nSPS) is 15.0. The van der Waals surface area contributed by atoms with Gasteiger partial charge in [0.25, 0.3) is 5.91 Å². The number of carbonyl (C=O) groups is 2. The Morgan fingerprint density at radius 2 is 1.82 bits per heavy atom. The van der Waals surface area contributed by atoms with Crippen molar-refractivity contribution in [2.45, 2.75) is 38.1 Å². The molecule has 2 amide bonds. The maximum absolute atomic E-state index is 12.7. The van der Waals surface area contributed by atoms with Gasteiger partial charge in [0.1, 0.15) is 12.4 Å². The van der Waals surface area contributed by atoms with Crippen molar-refractivity contribution in [2.75, 3.05) is 12.3 Å². The van der Waals surface area contributed by atoms with E-state index in [9.17, 15) is 9.59 Å². The number of hydrogen-bond acceptors (Lipinski definition) is 6. The van der Waals surface area contributed by atoms with Crippen molar-refractivity contribution >= 4 is 23.6 Å². The number of amides is 2. The van der Waals surface area contributed by atoms with E-state index < -0.39 is 11.3 Å². The van der Waals surface area contributed by atoms with Crippen molar-refractivity contribution in [3.05, 3.63) is 60.2 Å². The van der Waals surface area contributed by atoms with Crippen molar-refractivity contribution in [3.8, 4) is 11.1 Å². The van der Waals surface area contributed by atoms with E-state index in [-0.39, 0.29) is 24.0 Å². The van der Waals surface area contributed by atoms with Crippen molar-refractivity contribution in [1.82, 2.24) is 25.1 Å². The fourth-order valence-corrected chi connectivity index (χ4v) is 3.93. The number of nitrogens with one attached hydrogen (secondary N) is 1. The van der Waals surface area contributed by atoms with Crippen molar-refractivity contribution < 1.29 is 9.59 Å². The van der Waals surface area contributed by atoms with Crippen LogP contribution in [0.25, 0.3) is 11.1 Å². The molecule has 33 heavy (non-hydrogen) atoms. The second-order valence-corrected chi connectivity index (χ2v) is 8.03. The van der Waals surface area contributed by atoms with Gasteiger partial charge in [0.15, 0.2) is 0 Å². The smallest absolute Gasteiger partial charge is 0.281 e. The zero-order valence-corrected chi connectivity index (χ0v) is 18.4. The molecule has 10 heteroatoms. The minimum atomic E-state index is -0.475. The first-order valence-electron chi connectivity index (χ1n) is 10.8. The van der Waals surface area contributed by atoms with Gasteiger partial charge in [-0.3, -0.25) is 14.3 Å². The van der Waals surface area contributed by atoms with Crippen LogP contribution in [0.4, 0.5) is 5.95 Å². The Hall–Kier alpha value is -4.08. The summed E-state index contributed by atoms with van der Waals surface area (Å²) in [6, 6.07) is 7.96. The molecule has 0 spiro atoms. The van der Waals surface area contributed by atoms with Crippen molar-refractivity contribution in [2.24, 2.45) is 10.7 Å². The highest BCUT2D eigenvalue weighted by atomic mass is 16.2. The van der Waals surface area contributed by atoms with Crippen LogP contribution < -0.4 is 16.8 Å². The largest absolute Gasteiger partial charge is 0.386 e. The van der Waals surface area contributed by atoms with Gasteiger partial charge in [-0.05, 0) is 30.9 Å². The third-order valence-corrected chi connectivity index (χ3v) is 5.92. The van der Waals surface area contributed by atoms with Gasteiger partial charge in [0, 0.05) is 30.7 Å². The van der Waals surface area contributed by atoms with E-state index in [2.05, 4.69) is 25.4 Å². The lowest BCUT2D eigenvalue weighted by Crippen LogP contribution is -2.47. The van der Waals surface area contributed by atoms with E-state index in [4.69, 9.17) is 11.5 Å². The fraction of sp³-hybridized carbons (Fsp3) is 0.304. The quantitative estimate of drug-likeness (QED) is 0.368. The molecule has 5 N–H and O–H groups in total. The van der Waals surface area contributed by atoms with E-state index >= 15 is 0 Å². The predicted octanol–water partition coefficient (Wildman–Crippen LogP) is 1.68. The van der Waals surface area contributed by atoms with E-state index in [1.54, 1.807) is 12.4 Å². The average Bonchev–Trinajstić information content (AvgIpc) is 3.23. The highest BCUT2D eigenvalue weighted by molar-refractivity contribution is 6.06. The van der Waals surface area contributed by atoms with Crippen LogP contribution in [0, 0.1) is 0 Å². The van der Waals surface area contributed by atoms with Crippen LogP contribution in [0.5, 0.6) is 0 Å². The first-order valence-corrected chi connectivity index (χ1v) is 10.8. The Balaban J connectivity index is 1.52. The third-order valence-electron chi connectivity index (χ3n) is 5.92. The zero-order chi connectivity index (χ0) is 23.4. The summed E-state index contributed by atoms with van der Waals surface area (Å²) in [7, 11) is 0. The van der Waals surface area contributed by atoms with Gasteiger partial charge in [0.2, 0.25) is 11.9 Å². The molecule has 0 atom stereocenters. The molecular formula is C23H26N8O2. The maximum atomic E-state index is 12.7. The van der Waals surface area contributed by atoms with Gasteiger partial charge in [-0.2, -0.15) is 10.1 Å². The number of anilines is 1. The first-order chi connectivity index (χ1) is 15.9. The number of nitrogens with two attached hydrogens (primary N) is 2. The number of rotatable bonds is 7. The summed E-state index contributed by atoms with van der Waals surface area (Å²) in [6.45, 7) is 2.41. The summed E-state index contributed by atoms with van der Waals surface area (Å²) < 4.78 is 1.41. The second kappa shape index (κ2) is 9.19. The number of nitrogen functional groups attached to an aromatic ring is 1. The van der Waals surface area contributed by atoms with Gasteiger partial charge in [0.05, 0.1) is 17.2 Å². The molecule has 2 aromatic heterocycles. The highest BCUT2D eigenvalue weighted by Crippen LogP contribution is 2.44. The van der Waals surface area contributed by atoms with E-state index in [1.165, 1.54) is 17.1 Å². The molecular weight excluding hydrogens is 420 g/mol. The van der Waals surface area contributed by atoms with Gasteiger partial charge >= 0.3 is 0 Å². The molecule has 3 aromatic rings. The Bertz CT molecular complexity index is 1180. The molecule has 1 aliphatic rings. The number of hydrogen-bond donors (Lipinski definition) is 3. The van der Waals surface area contributed by atoms with E-state index in [0.29, 0.717) is 12.4 Å². The summed E-state index contributed by atoms with van der Waals surface area (Å²) in [5, 5.41) is 6.76. The van der Waals surface area contributed by atoms with Gasteiger partial charge in [-0.1, -0.05) is 30.7 Å². The SMILES string of the molecule is CCNC(=O)Cn1cc(C(=O)N=C(N)C2(c3ccc(-c4cnc(N)nc4)cc3)CCC2)cn1. The molecule has 1 fully saturated rings. The standard InChI is InChI=1S/C23H26N8O2/c1-2-26-19(32)14-31-13-17(12-29-31)20(33)30-21(24)23(8-3-9-23)18-6-4-15(5-7-18)16-10-27-22(25)28-11-16/h4-7,10-13H,2-3,8-9,14H2,1H3,(H,26,32)(H2,24,30,33)(H2,25,27,28). The average molecular weight is 447 g/mol. The minimum absolute atomic E-state index is 0.0374. The molecule has 0 unspecified atom stereocenters. The number of carbonyl (C=O) groups excluding carboxylic acids is 2. The van der Waals surface area contributed by atoms with Crippen molar-refractivity contribution in [3.63, 3.8) is 0 Å². The monoisotopic (exact) mass is 446 g/mol. The Labute approximate surface area is 191 Å². The fourth-order valence-electron chi connectivity index (χ4n) is 3.93. The van der Waals surface area contributed by atoms with Crippen molar-refractivity contribution in [1.29, 1.82) is 0 Å². The molecule has 10 nitrogen and oxygen atoms in total. The summed E-state index contributed by atoms with van der Waals surface area (Å²) in [5.41, 5.74) is 14.6. The number of aliphatic imine (C=N–C) groups is 1. The predicted molar refractivity (Wildman–Crippen MR) is 124 cm³/mol. The van der Waals surface area contributed by atoms with Crippen LogP contribution in [-0.4, -0.2) is 43.9 Å². The Morgan fingerprint density at radius 3 is 2.42 bits per heavy atom. The number of amidine groups is 1.